The zero-order chi connectivity index (χ0) is 22.1. The summed E-state index contributed by atoms with van der Waals surface area (Å²) in [5.41, 5.74) is -0.718. The number of rotatable bonds is 5. The molecule has 0 radical (unpaired) electrons. The summed E-state index contributed by atoms with van der Waals surface area (Å²) in [6, 6.07) is 7.69. The summed E-state index contributed by atoms with van der Waals surface area (Å²) in [5, 5.41) is 12.9. The molecular weight excluding hydrogens is 518 g/mol. The summed E-state index contributed by atoms with van der Waals surface area (Å²) in [6.07, 6.45) is -4.58. The Morgan fingerprint density at radius 2 is 1.55 bits per heavy atom. The first-order valence-electron chi connectivity index (χ1n) is 8.77. The second-order valence-corrected chi connectivity index (χ2v) is 10.0. The van der Waals surface area contributed by atoms with Gasteiger partial charge in [0, 0.05) is 9.47 Å². The summed E-state index contributed by atoms with van der Waals surface area (Å²) < 4.78 is 69.2. The Bertz CT molecular complexity index is 1020. The van der Waals surface area contributed by atoms with Crippen molar-refractivity contribution in [2.24, 2.45) is 4.40 Å². The number of hydrogen-bond acceptors (Lipinski definition) is 3. The molecular formula is C20H20F3INO3S-. The van der Waals surface area contributed by atoms with Gasteiger partial charge in [-0.3, -0.25) is 0 Å². The van der Waals surface area contributed by atoms with Gasteiger partial charge in [0.25, 0.3) is 10.0 Å². The number of sulfonamides is 1. The van der Waals surface area contributed by atoms with Crippen LogP contribution in [0.3, 0.4) is 0 Å². The summed E-state index contributed by atoms with van der Waals surface area (Å²) >= 11 is 1.93. The van der Waals surface area contributed by atoms with E-state index in [2.05, 4.69) is 4.40 Å². The first-order valence-corrected chi connectivity index (χ1v) is 11.3. The zero-order valence-corrected chi connectivity index (χ0v) is 19.2. The fraction of sp³-hybridized carbons (Fsp3) is 0.350. The van der Waals surface area contributed by atoms with Gasteiger partial charge >= 0.3 is 6.18 Å². The van der Waals surface area contributed by atoms with Crippen LogP contribution >= 0.6 is 22.6 Å². The Hall–Kier alpha value is -1.62. The van der Waals surface area contributed by atoms with Gasteiger partial charge in [0.05, 0.1) is 10.5 Å². The SMILES string of the molecule is CC(C)c1cc(C(F)(F)F)cc(C(C)C)c1/C([O-])=N/S(=O)(=O)c1cccc(I)c1. The molecule has 0 bridgehead atoms. The molecule has 0 unspecified atom stereocenters. The second-order valence-electron chi connectivity index (χ2n) is 7.17. The molecule has 0 spiro atoms. The molecule has 0 saturated heterocycles. The van der Waals surface area contributed by atoms with Gasteiger partial charge in [-0.1, -0.05) is 33.8 Å². The molecule has 0 aliphatic carbocycles. The Labute approximate surface area is 182 Å². The Balaban J connectivity index is 2.76. The van der Waals surface area contributed by atoms with Crippen LogP contribution in [0.25, 0.3) is 0 Å². The van der Waals surface area contributed by atoms with Crippen LogP contribution in [0.2, 0.25) is 0 Å². The Morgan fingerprint density at radius 3 is 1.97 bits per heavy atom. The first kappa shape index (κ1) is 23.7. The summed E-state index contributed by atoms with van der Waals surface area (Å²) in [6.45, 7) is 6.57. The van der Waals surface area contributed by atoms with Crippen molar-refractivity contribution >= 4 is 38.5 Å². The second kappa shape index (κ2) is 8.63. The number of benzene rings is 2. The molecule has 9 heteroatoms. The predicted molar refractivity (Wildman–Crippen MR) is 113 cm³/mol. The maximum absolute atomic E-state index is 13.3. The fourth-order valence-corrected chi connectivity index (χ4v) is 4.54. The molecule has 158 valence electrons. The quantitative estimate of drug-likeness (QED) is 0.304. The van der Waals surface area contributed by atoms with Crippen LogP contribution in [0.5, 0.6) is 0 Å². The minimum Gasteiger partial charge on any atom is -0.858 e. The van der Waals surface area contributed by atoms with E-state index in [0.717, 1.165) is 12.1 Å². The van der Waals surface area contributed by atoms with Crippen molar-refractivity contribution in [3.63, 3.8) is 0 Å². The van der Waals surface area contributed by atoms with Gasteiger partial charge in [-0.25, -0.2) is 0 Å². The molecule has 2 aromatic carbocycles. The zero-order valence-electron chi connectivity index (χ0n) is 16.2. The molecule has 29 heavy (non-hydrogen) atoms. The van der Waals surface area contributed by atoms with Gasteiger partial charge in [-0.05, 0) is 81.4 Å². The van der Waals surface area contributed by atoms with Crippen LogP contribution in [0.4, 0.5) is 13.2 Å². The topological polar surface area (TPSA) is 69.6 Å². The lowest BCUT2D eigenvalue weighted by Crippen LogP contribution is -2.26. The van der Waals surface area contributed by atoms with Crippen LogP contribution in [-0.4, -0.2) is 14.3 Å². The maximum atomic E-state index is 13.3. The lowest BCUT2D eigenvalue weighted by Gasteiger charge is -2.25. The standard InChI is InChI=1S/C20H21F3INO3S/c1-11(2)16-8-13(20(21,22)23)9-17(12(3)4)18(16)19(26)25-29(27,28)15-7-5-6-14(24)10-15/h5-12H,1-4H3,(H,25,26)/p-1. The summed E-state index contributed by atoms with van der Waals surface area (Å²) in [7, 11) is -4.31. The van der Waals surface area contributed by atoms with E-state index in [1.54, 1.807) is 33.8 Å². The van der Waals surface area contributed by atoms with E-state index in [1.807, 2.05) is 22.6 Å². The summed E-state index contributed by atoms with van der Waals surface area (Å²) in [4.78, 5) is -0.151. The highest BCUT2D eigenvalue weighted by Gasteiger charge is 2.33. The van der Waals surface area contributed by atoms with Crippen molar-refractivity contribution in [2.75, 3.05) is 0 Å². The third kappa shape index (κ3) is 5.50. The molecule has 0 N–H and O–H groups in total. The van der Waals surface area contributed by atoms with Crippen molar-refractivity contribution in [3.8, 4) is 0 Å². The molecule has 4 nitrogen and oxygen atoms in total. The Morgan fingerprint density at radius 1 is 1.03 bits per heavy atom. The van der Waals surface area contributed by atoms with Crippen LogP contribution < -0.4 is 5.11 Å². The molecule has 0 heterocycles. The summed E-state index contributed by atoms with van der Waals surface area (Å²) in [5.74, 6) is -1.95. The van der Waals surface area contributed by atoms with Crippen molar-refractivity contribution in [3.05, 3.63) is 62.2 Å². The molecule has 0 aliphatic rings. The monoisotopic (exact) mass is 538 g/mol. The van der Waals surface area contributed by atoms with Crippen LogP contribution in [0.15, 0.2) is 45.7 Å². The van der Waals surface area contributed by atoms with E-state index in [1.165, 1.54) is 18.2 Å². The highest BCUT2D eigenvalue weighted by atomic mass is 127. The van der Waals surface area contributed by atoms with Crippen molar-refractivity contribution < 1.29 is 26.7 Å². The number of nitrogens with zero attached hydrogens (tertiary/aromatic N) is 1. The third-order valence-corrected chi connectivity index (χ3v) is 6.21. The minimum absolute atomic E-state index is 0.0859. The van der Waals surface area contributed by atoms with Crippen molar-refractivity contribution in [1.82, 2.24) is 0 Å². The van der Waals surface area contributed by atoms with Gasteiger partial charge in [0.2, 0.25) is 0 Å². The number of halogens is 4. The van der Waals surface area contributed by atoms with Crippen LogP contribution in [0, 0.1) is 3.57 Å². The van der Waals surface area contributed by atoms with Crippen molar-refractivity contribution in [1.29, 1.82) is 0 Å². The normalized spacial score (nSPS) is 13.4. The van der Waals surface area contributed by atoms with E-state index < -0.39 is 39.5 Å². The van der Waals surface area contributed by atoms with E-state index in [9.17, 15) is 26.7 Å². The molecule has 0 aliphatic heterocycles. The van der Waals surface area contributed by atoms with Crippen LogP contribution in [-0.2, 0) is 16.2 Å². The largest absolute Gasteiger partial charge is 0.858 e. The van der Waals surface area contributed by atoms with E-state index in [-0.39, 0.29) is 21.6 Å². The first-order chi connectivity index (χ1) is 13.2. The molecule has 2 rings (SSSR count). The van der Waals surface area contributed by atoms with Crippen LogP contribution in [0.1, 0.15) is 61.8 Å². The average Bonchev–Trinajstić information content (AvgIpc) is 2.59. The minimum atomic E-state index is -4.58. The highest BCUT2D eigenvalue weighted by Crippen LogP contribution is 2.37. The molecule has 0 fully saturated rings. The molecule has 0 amide bonds. The lowest BCUT2D eigenvalue weighted by atomic mass is 9.86. The molecule has 0 saturated carbocycles. The molecule has 0 atom stereocenters. The Kier molecular flexibility index (Phi) is 7.04. The number of alkyl halides is 3. The van der Waals surface area contributed by atoms with E-state index in [4.69, 9.17) is 0 Å². The molecule has 0 aromatic heterocycles. The van der Waals surface area contributed by atoms with Gasteiger partial charge in [0.1, 0.15) is 0 Å². The highest BCUT2D eigenvalue weighted by molar-refractivity contribution is 14.1. The van der Waals surface area contributed by atoms with Gasteiger partial charge < -0.3 is 5.11 Å². The van der Waals surface area contributed by atoms with E-state index in [0.29, 0.717) is 3.57 Å². The smallest absolute Gasteiger partial charge is 0.416 e. The van der Waals surface area contributed by atoms with E-state index >= 15 is 0 Å². The molecule has 2 aromatic rings. The lowest BCUT2D eigenvalue weighted by molar-refractivity contribution is -0.212. The van der Waals surface area contributed by atoms with Gasteiger partial charge in [-0.15, -0.1) is 0 Å². The fourth-order valence-electron chi connectivity index (χ4n) is 2.84. The maximum Gasteiger partial charge on any atom is 0.416 e. The predicted octanol–water partition coefficient (Wildman–Crippen LogP) is 5.05. The number of hydrogen-bond donors (Lipinski definition) is 0. The van der Waals surface area contributed by atoms with Gasteiger partial charge in [-0.2, -0.15) is 26.0 Å². The van der Waals surface area contributed by atoms with Crippen molar-refractivity contribution in [2.45, 2.75) is 50.6 Å². The third-order valence-electron chi connectivity index (χ3n) is 4.28. The average molecular weight is 538 g/mol. The van der Waals surface area contributed by atoms with Gasteiger partial charge in [0.15, 0.2) is 0 Å².